The quantitative estimate of drug-likeness (QED) is 0.773. The summed E-state index contributed by atoms with van der Waals surface area (Å²) in [6.07, 6.45) is 0. The van der Waals surface area contributed by atoms with Crippen LogP contribution < -0.4 is 11.2 Å². The first-order valence-corrected chi connectivity index (χ1v) is 5.87. The van der Waals surface area contributed by atoms with Gasteiger partial charge in [-0.2, -0.15) is 5.10 Å². The molecule has 104 valence electrons. The van der Waals surface area contributed by atoms with Crippen molar-refractivity contribution in [1.82, 2.24) is 14.3 Å². The fourth-order valence-electron chi connectivity index (χ4n) is 1.67. The van der Waals surface area contributed by atoms with Gasteiger partial charge in [-0.25, -0.2) is 18.4 Å². The highest BCUT2D eigenvalue weighted by atomic mass is 35.5. The van der Waals surface area contributed by atoms with E-state index in [0.717, 1.165) is 23.7 Å². The molecule has 2 aromatic rings. The van der Waals surface area contributed by atoms with Crippen LogP contribution in [0.15, 0.2) is 27.8 Å². The van der Waals surface area contributed by atoms with Crippen LogP contribution >= 0.6 is 11.6 Å². The van der Waals surface area contributed by atoms with Gasteiger partial charge in [0.05, 0.1) is 10.7 Å². The van der Waals surface area contributed by atoms with Crippen molar-refractivity contribution >= 4 is 17.4 Å². The van der Waals surface area contributed by atoms with Crippen LogP contribution in [0.5, 0.6) is 0 Å². The molecule has 20 heavy (non-hydrogen) atoms. The summed E-state index contributed by atoms with van der Waals surface area (Å²) in [5.41, 5.74) is -2.08. The highest BCUT2D eigenvalue weighted by Gasteiger charge is 2.18. The molecule has 0 amide bonds. The Balaban J connectivity index is 2.90. The van der Waals surface area contributed by atoms with E-state index < -0.39 is 28.5 Å². The van der Waals surface area contributed by atoms with Gasteiger partial charge in [-0.1, -0.05) is 11.6 Å². The summed E-state index contributed by atoms with van der Waals surface area (Å²) in [4.78, 5) is 35.5. The molecule has 0 bridgehead atoms. The molecular formula is C12H9ClFN3O3. The Bertz CT molecular complexity index is 826. The summed E-state index contributed by atoms with van der Waals surface area (Å²) in [6, 6.07) is 3.21. The fourth-order valence-corrected chi connectivity index (χ4v) is 1.92. The largest absolute Gasteiger partial charge is 0.351 e. The van der Waals surface area contributed by atoms with E-state index in [1.807, 2.05) is 0 Å². The van der Waals surface area contributed by atoms with E-state index in [-0.39, 0.29) is 10.7 Å². The molecule has 0 saturated heterocycles. The van der Waals surface area contributed by atoms with Crippen LogP contribution in [0.25, 0.3) is 5.69 Å². The molecule has 8 heteroatoms. The van der Waals surface area contributed by atoms with Gasteiger partial charge in [0.25, 0.3) is 5.56 Å². The summed E-state index contributed by atoms with van der Waals surface area (Å²) in [5, 5.41) is 3.49. The van der Waals surface area contributed by atoms with Crippen molar-refractivity contribution in [3.63, 3.8) is 0 Å². The van der Waals surface area contributed by atoms with Crippen LogP contribution in [0.2, 0.25) is 5.02 Å². The molecule has 1 aromatic heterocycles. The molecule has 0 spiro atoms. The smallest absolute Gasteiger partial charge is 0.292 e. The second-order valence-corrected chi connectivity index (χ2v) is 4.45. The van der Waals surface area contributed by atoms with Gasteiger partial charge in [-0.3, -0.25) is 9.59 Å². The number of hydrogen-bond donors (Lipinski definition) is 0. The second kappa shape index (κ2) is 5.01. The van der Waals surface area contributed by atoms with E-state index in [0.29, 0.717) is 4.57 Å². The van der Waals surface area contributed by atoms with Crippen molar-refractivity contribution in [2.24, 2.45) is 7.05 Å². The molecular weight excluding hydrogens is 289 g/mol. The maximum Gasteiger partial charge on any atom is 0.351 e. The van der Waals surface area contributed by atoms with Crippen molar-refractivity contribution in [2.45, 2.75) is 6.92 Å². The maximum absolute atomic E-state index is 13.0. The minimum Gasteiger partial charge on any atom is -0.292 e. The highest BCUT2D eigenvalue weighted by molar-refractivity contribution is 6.32. The Hall–Kier alpha value is -2.28. The summed E-state index contributed by atoms with van der Waals surface area (Å²) in [6.45, 7) is 1.16. The van der Waals surface area contributed by atoms with E-state index in [2.05, 4.69) is 5.10 Å². The molecule has 0 fully saturated rings. The van der Waals surface area contributed by atoms with Gasteiger partial charge in [-0.05, 0) is 18.2 Å². The van der Waals surface area contributed by atoms with Crippen LogP contribution in [-0.4, -0.2) is 20.1 Å². The number of ketones is 1. The number of aryl methyl sites for hydroxylation is 1. The van der Waals surface area contributed by atoms with Gasteiger partial charge in [-0.15, -0.1) is 0 Å². The number of Topliss-reactive ketones (excluding diaryl/α,β-unsaturated/α-hetero) is 1. The number of rotatable bonds is 2. The average molecular weight is 298 g/mol. The monoisotopic (exact) mass is 297 g/mol. The summed E-state index contributed by atoms with van der Waals surface area (Å²) in [5.74, 6) is -1.19. The second-order valence-electron chi connectivity index (χ2n) is 4.05. The minimum atomic E-state index is -0.894. The van der Waals surface area contributed by atoms with E-state index in [1.165, 1.54) is 13.1 Å². The maximum atomic E-state index is 13.0. The zero-order valence-corrected chi connectivity index (χ0v) is 11.3. The van der Waals surface area contributed by atoms with Crippen LogP contribution in [0.1, 0.15) is 17.4 Å². The number of hydrogen-bond acceptors (Lipinski definition) is 4. The molecule has 0 saturated carbocycles. The molecule has 0 aliphatic rings. The molecule has 6 nitrogen and oxygen atoms in total. The van der Waals surface area contributed by atoms with Gasteiger partial charge < -0.3 is 0 Å². The lowest BCUT2D eigenvalue weighted by atomic mass is 10.3. The lowest BCUT2D eigenvalue weighted by Crippen LogP contribution is -2.42. The van der Waals surface area contributed by atoms with Crippen LogP contribution in [-0.2, 0) is 7.05 Å². The molecule has 2 rings (SSSR count). The first-order chi connectivity index (χ1) is 9.32. The molecule has 1 aromatic carbocycles. The van der Waals surface area contributed by atoms with Gasteiger partial charge in [0, 0.05) is 14.0 Å². The summed E-state index contributed by atoms with van der Waals surface area (Å²) >= 11 is 5.84. The predicted octanol–water partition coefficient (Wildman–Crippen LogP) is 0.926. The number of nitrogens with zero attached hydrogens (tertiary/aromatic N) is 3. The molecule has 0 N–H and O–H groups in total. The van der Waals surface area contributed by atoms with Crippen molar-refractivity contribution in [3.05, 3.63) is 55.6 Å². The number of halogens is 2. The van der Waals surface area contributed by atoms with Crippen LogP contribution in [0.4, 0.5) is 4.39 Å². The lowest BCUT2D eigenvalue weighted by Gasteiger charge is -2.09. The standard InChI is InChI=1S/C12H9ClFN3O3/c1-6(18)10-11(19)17(12(20)16(2)15-10)9-4-3-7(14)5-8(9)13/h3-5H,1-2H3. The Kier molecular flexibility index (Phi) is 3.54. The third-order valence-corrected chi connectivity index (χ3v) is 2.91. The third kappa shape index (κ3) is 2.27. The topological polar surface area (TPSA) is 74.0 Å². The minimum absolute atomic E-state index is 0.0106. The first-order valence-electron chi connectivity index (χ1n) is 5.49. The molecule has 0 aliphatic heterocycles. The SMILES string of the molecule is CC(=O)c1nn(C)c(=O)n(-c2ccc(F)cc2Cl)c1=O. The number of benzene rings is 1. The molecule has 0 aliphatic carbocycles. The van der Waals surface area contributed by atoms with Gasteiger partial charge in [0.2, 0.25) is 0 Å². The molecule has 0 unspecified atom stereocenters. The van der Waals surface area contributed by atoms with E-state index in [1.54, 1.807) is 0 Å². The Morgan fingerprint density at radius 3 is 2.55 bits per heavy atom. The normalized spacial score (nSPS) is 10.6. The van der Waals surface area contributed by atoms with Gasteiger partial charge in [0.1, 0.15) is 5.82 Å². The average Bonchev–Trinajstić information content (AvgIpc) is 2.36. The molecule has 0 radical (unpaired) electrons. The first kappa shape index (κ1) is 14.1. The number of carbonyl (C=O) groups excluding carboxylic acids is 1. The third-order valence-electron chi connectivity index (χ3n) is 2.61. The predicted molar refractivity (Wildman–Crippen MR) is 70.0 cm³/mol. The summed E-state index contributed by atoms with van der Waals surface area (Å²) in [7, 11) is 1.29. The zero-order valence-electron chi connectivity index (χ0n) is 10.6. The highest BCUT2D eigenvalue weighted by Crippen LogP contribution is 2.18. The van der Waals surface area contributed by atoms with E-state index in [9.17, 15) is 18.8 Å². The van der Waals surface area contributed by atoms with Crippen molar-refractivity contribution < 1.29 is 9.18 Å². The van der Waals surface area contributed by atoms with Crippen molar-refractivity contribution in [3.8, 4) is 5.69 Å². The van der Waals surface area contributed by atoms with Gasteiger partial charge in [0.15, 0.2) is 11.5 Å². The van der Waals surface area contributed by atoms with Crippen molar-refractivity contribution in [2.75, 3.05) is 0 Å². The number of carbonyl (C=O) groups is 1. The number of aromatic nitrogens is 3. The lowest BCUT2D eigenvalue weighted by molar-refractivity contribution is 0.100. The van der Waals surface area contributed by atoms with Crippen molar-refractivity contribution in [1.29, 1.82) is 0 Å². The summed E-state index contributed by atoms with van der Waals surface area (Å²) < 4.78 is 14.6. The fraction of sp³-hybridized carbons (Fsp3) is 0.167. The van der Waals surface area contributed by atoms with E-state index in [4.69, 9.17) is 11.6 Å². The molecule has 1 heterocycles. The zero-order chi connectivity index (χ0) is 15.0. The Labute approximate surface area is 117 Å². The Morgan fingerprint density at radius 1 is 1.35 bits per heavy atom. The van der Waals surface area contributed by atoms with Crippen LogP contribution in [0, 0.1) is 5.82 Å². The Morgan fingerprint density at radius 2 is 2.00 bits per heavy atom. The van der Waals surface area contributed by atoms with Crippen LogP contribution in [0.3, 0.4) is 0 Å². The molecule has 0 atom stereocenters. The van der Waals surface area contributed by atoms with Gasteiger partial charge >= 0.3 is 5.69 Å². The van der Waals surface area contributed by atoms with E-state index >= 15 is 0 Å².